The fraction of sp³-hybridized carbons (Fsp3) is 0.682. The molecule has 3 saturated heterocycles. The van der Waals surface area contributed by atoms with Crippen LogP contribution >= 0.6 is 0 Å². The number of aliphatic hydroxyl groups is 1. The monoisotopic (exact) mass is 403 g/mol. The van der Waals surface area contributed by atoms with Crippen LogP contribution in [0.5, 0.6) is 0 Å². The number of amides is 1. The Morgan fingerprint density at radius 1 is 1.00 bits per heavy atom. The highest BCUT2D eigenvalue weighted by Gasteiger charge is 2.38. The molecule has 0 bridgehead atoms. The van der Waals surface area contributed by atoms with Crippen LogP contribution in [-0.4, -0.2) is 98.2 Å². The molecule has 0 unspecified atom stereocenters. The minimum Gasteiger partial charge on any atom is -0.390 e. The number of benzene rings is 1. The van der Waals surface area contributed by atoms with Crippen LogP contribution < -0.4 is 4.90 Å². The van der Waals surface area contributed by atoms with Crippen LogP contribution in [-0.2, 0) is 14.3 Å². The number of ether oxygens (including phenoxy) is 2. The second-order valence-corrected chi connectivity index (χ2v) is 8.21. The summed E-state index contributed by atoms with van der Waals surface area (Å²) < 4.78 is 11.4. The van der Waals surface area contributed by atoms with Crippen molar-refractivity contribution in [2.75, 3.05) is 63.9 Å². The topological polar surface area (TPSA) is 65.5 Å². The maximum Gasteiger partial charge on any atom is 0.254 e. The molecule has 0 spiro atoms. The molecule has 0 saturated carbocycles. The van der Waals surface area contributed by atoms with Gasteiger partial charge in [-0.2, -0.15) is 0 Å². The van der Waals surface area contributed by atoms with E-state index in [9.17, 15) is 9.90 Å². The molecule has 4 rings (SSSR count). The lowest BCUT2D eigenvalue weighted by Gasteiger charge is -2.39. The van der Waals surface area contributed by atoms with Gasteiger partial charge in [-0.1, -0.05) is 18.2 Å². The number of aliphatic hydroxyl groups excluding tert-OH is 1. The zero-order valence-corrected chi connectivity index (χ0v) is 17.1. The molecular formula is C22H33N3O4. The van der Waals surface area contributed by atoms with Gasteiger partial charge in [-0.15, -0.1) is 0 Å². The Kier molecular flexibility index (Phi) is 7.02. The first kappa shape index (κ1) is 20.6. The number of para-hydroxylation sites is 1. The quantitative estimate of drug-likeness (QED) is 0.790. The number of carbonyl (C=O) groups excluding carboxylic acids is 1. The Morgan fingerprint density at radius 2 is 1.72 bits per heavy atom. The van der Waals surface area contributed by atoms with Gasteiger partial charge in [0.1, 0.15) is 0 Å². The molecule has 7 nitrogen and oxygen atoms in total. The molecule has 160 valence electrons. The van der Waals surface area contributed by atoms with Crippen molar-refractivity contribution in [2.45, 2.75) is 37.6 Å². The van der Waals surface area contributed by atoms with Gasteiger partial charge in [-0.3, -0.25) is 9.69 Å². The van der Waals surface area contributed by atoms with Crippen LogP contribution in [0.15, 0.2) is 30.3 Å². The Hall–Kier alpha value is -1.67. The summed E-state index contributed by atoms with van der Waals surface area (Å²) in [6.45, 7) is 7.42. The lowest BCUT2D eigenvalue weighted by molar-refractivity contribution is -0.171. The summed E-state index contributed by atoms with van der Waals surface area (Å²) in [5.74, 6) is -0.0815. The summed E-state index contributed by atoms with van der Waals surface area (Å²) in [6.07, 6.45) is 0.981. The second kappa shape index (κ2) is 9.89. The maximum atomic E-state index is 12.8. The van der Waals surface area contributed by atoms with Gasteiger partial charge in [0.25, 0.3) is 5.91 Å². The first-order valence-electron chi connectivity index (χ1n) is 10.9. The number of morpholine rings is 1. The van der Waals surface area contributed by atoms with E-state index in [4.69, 9.17) is 9.47 Å². The SMILES string of the molecule is O=C([C@H]1O[C@@H](CCN2CCN(c3ccccc3)CC2)CC[C@@H]1O)N1CCOCC1. The molecule has 3 fully saturated rings. The van der Waals surface area contributed by atoms with Crippen molar-refractivity contribution >= 4 is 11.6 Å². The van der Waals surface area contributed by atoms with E-state index >= 15 is 0 Å². The van der Waals surface area contributed by atoms with Gasteiger partial charge in [0.05, 0.1) is 25.4 Å². The third-order valence-electron chi connectivity index (χ3n) is 6.30. The summed E-state index contributed by atoms with van der Waals surface area (Å²) >= 11 is 0. The Bertz CT molecular complexity index is 645. The highest BCUT2D eigenvalue weighted by molar-refractivity contribution is 5.81. The number of carbonyl (C=O) groups is 1. The van der Waals surface area contributed by atoms with Crippen molar-refractivity contribution in [3.8, 4) is 0 Å². The summed E-state index contributed by atoms with van der Waals surface area (Å²) in [4.78, 5) is 19.4. The maximum absolute atomic E-state index is 12.8. The van der Waals surface area contributed by atoms with E-state index < -0.39 is 12.2 Å². The smallest absolute Gasteiger partial charge is 0.254 e. The van der Waals surface area contributed by atoms with Crippen LogP contribution in [0.2, 0.25) is 0 Å². The Labute approximate surface area is 173 Å². The van der Waals surface area contributed by atoms with Gasteiger partial charge in [0.15, 0.2) is 6.10 Å². The van der Waals surface area contributed by atoms with E-state index in [-0.39, 0.29) is 12.0 Å². The summed E-state index contributed by atoms with van der Waals surface area (Å²) in [5, 5.41) is 10.3. The molecule has 29 heavy (non-hydrogen) atoms. The molecule has 3 heterocycles. The van der Waals surface area contributed by atoms with Gasteiger partial charge in [0.2, 0.25) is 0 Å². The Balaban J connectivity index is 1.22. The molecule has 1 amide bonds. The third-order valence-corrected chi connectivity index (χ3v) is 6.30. The van der Waals surface area contributed by atoms with Crippen molar-refractivity contribution < 1.29 is 19.4 Å². The van der Waals surface area contributed by atoms with Crippen LogP contribution in [0.1, 0.15) is 19.3 Å². The van der Waals surface area contributed by atoms with Crippen molar-refractivity contribution in [3.05, 3.63) is 30.3 Å². The predicted octanol–water partition coefficient (Wildman–Crippen LogP) is 0.966. The van der Waals surface area contributed by atoms with E-state index in [2.05, 4.69) is 40.1 Å². The van der Waals surface area contributed by atoms with Crippen molar-refractivity contribution in [3.63, 3.8) is 0 Å². The lowest BCUT2D eigenvalue weighted by Crippen LogP contribution is -2.53. The minimum absolute atomic E-state index is 0.0422. The van der Waals surface area contributed by atoms with Crippen LogP contribution in [0.4, 0.5) is 5.69 Å². The fourth-order valence-electron chi connectivity index (χ4n) is 4.47. The lowest BCUT2D eigenvalue weighted by atomic mass is 9.98. The van der Waals surface area contributed by atoms with Crippen LogP contribution in [0, 0.1) is 0 Å². The average molecular weight is 404 g/mol. The molecule has 7 heteroatoms. The van der Waals surface area contributed by atoms with E-state index in [1.165, 1.54) is 5.69 Å². The number of anilines is 1. The van der Waals surface area contributed by atoms with Gasteiger partial charge in [0, 0.05) is 51.5 Å². The van der Waals surface area contributed by atoms with Crippen LogP contribution in [0.3, 0.4) is 0 Å². The van der Waals surface area contributed by atoms with E-state index in [1.54, 1.807) is 4.90 Å². The number of rotatable bonds is 5. The van der Waals surface area contributed by atoms with Crippen molar-refractivity contribution in [1.82, 2.24) is 9.80 Å². The van der Waals surface area contributed by atoms with E-state index in [0.29, 0.717) is 32.7 Å². The van der Waals surface area contributed by atoms with E-state index in [1.807, 2.05) is 0 Å². The predicted molar refractivity (Wildman–Crippen MR) is 111 cm³/mol. The van der Waals surface area contributed by atoms with Gasteiger partial charge in [-0.05, 0) is 31.4 Å². The minimum atomic E-state index is -0.721. The zero-order chi connectivity index (χ0) is 20.1. The molecule has 1 aromatic carbocycles. The second-order valence-electron chi connectivity index (χ2n) is 8.21. The van der Waals surface area contributed by atoms with E-state index in [0.717, 1.165) is 45.6 Å². The van der Waals surface area contributed by atoms with Gasteiger partial charge >= 0.3 is 0 Å². The first-order valence-corrected chi connectivity index (χ1v) is 10.9. The molecule has 3 atom stereocenters. The number of nitrogens with zero attached hydrogens (tertiary/aromatic N) is 3. The zero-order valence-electron chi connectivity index (χ0n) is 17.1. The largest absolute Gasteiger partial charge is 0.390 e. The summed E-state index contributed by atoms with van der Waals surface area (Å²) in [5.41, 5.74) is 1.29. The normalized spacial score (nSPS) is 29.1. The Morgan fingerprint density at radius 3 is 2.45 bits per heavy atom. The molecule has 0 aromatic heterocycles. The number of piperazine rings is 1. The fourth-order valence-corrected chi connectivity index (χ4v) is 4.47. The first-order chi connectivity index (χ1) is 14.2. The van der Waals surface area contributed by atoms with Crippen molar-refractivity contribution in [1.29, 1.82) is 0 Å². The number of hydrogen-bond donors (Lipinski definition) is 1. The highest BCUT2D eigenvalue weighted by Crippen LogP contribution is 2.24. The third kappa shape index (κ3) is 5.28. The molecular weight excluding hydrogens is 370 g/mol. The molecule has 0 aliphatic carbocycles. The number of hydrogen-bond acceptors (Lipinski definition) is 6. The summed E-state index contributed by atoms with van der Waals surface area (Å²) in [7, 11) is 0. The molecule has 1 aromatic rings. The highest BCUT2D eigenvalue weighted by atomic mass is 16.5. The van der Waals surface area contributed by atoms with Gasteiger partial charge in [-0.25, -0.2) is 0 Å². The molecule has 0 radical (unpaired) electrons. The standard InChI is InChI=1S/C22H33N3O4/c26-20-7-6-19(29-21(20)22(27)25-14-16-28-17-15-25)8-9-23-10-12-24(13-11-23)18-4-2-1-3-5-18/h1-5,19-21,26H,6-17H2/t19-,20+,21+/m1/s1. The van der Waals surface area contributed by atoms with Crippen LogP contribution in [0.25, 0.3) is 0 Å². The summed E-state index contributed by atoms with van der Waals surface area (Å²) in [6, 6.07) is 10.6. The molecule has 1 N–H and O–H groups in total. The van der Waals surface area contributed by atoms with Gasteiger partial charge < -0.3 is 24.4 Å². The molecule has 3 aliphatic rings. The average Bonchev–Trinajstić information content (AvgIpc) is 2.79. The molecule has 3 aliphatic heterocycles. The van der Waals surface area contributed by atoms with Crippen molar-refractivity contribution in [2.24, 2.45) is 0 Å².